The van der Waals surface area contributed by atoms with Crippen LogP contribution in [0, 0.1) is 0 Å². The van der Waals surface area contributed by atoms with Crippen molar-refractivity contribution in [2.75, 3.05) is 6.61 Å². The van der Waals surface area contributed by atoms with Crippen LogP contribution in [0.5, 0.6) is 0 Å². The monoisotopic (exact) mass is 266 g/mol. The van der Waals surface area contributed by atoms with Crippen LogP contribution >= 0.6 is 12.2 Å². The molecule has 6 heteroatoms. The highest BCUT2D eigenvalue weighted by atomic mass is 32.1. The van der Waals surface area contributed by atoms with Crippen molar-refractivity contribution in [2.45, 2.75) is 19.9 Å². The summed E-state index contributed by atoms with van der Waals surface area (Å²) in [5.41, 5.74) is 1.05. The van der Waals surface area contributed by atoms with Crippen molar-refractivity contribution in [3.8, 4) is 0 Å². The summed E-state index contributed by atoms with van der Waals surface area (Å²) in [7, 11) is 0. The van der Waals surface area contributed by atoms with Crippen molar-refractivity contribution in [3.63, 3.8) is 0 Å². The van der Waals surface area contributed by atoms with Gasteiger partial charge >= 0.3 is 5.97 Å². The minimum atomic E-state index is -0.376. The fraction of sp³-hybridized carbons (Fsp3) is 0.333. The first kappa shape index (κ1) is 12.6. The van der Waals surface area contributed by atoms with Gasteiger partial charge < -0.3 is 19.8 Å². The molecule has 1 aromatic rings. The Labute approximate surface area is 110 Å². The number of ether oxygens (including phenoxy) is 1. The van der Waals surface area contributed by atoms with Crippen molar-refractivity contribution in [3.05, 3.63) is 29.7 Å². The highest BCUT2D eigenvalue weighted by Crippen LogP contribution is 2.23. The van der Waals surface area contributed by atoms with E-state index in [9.17, 15) is 4.79 Å². The van der Waals surface area contributed by atoms with Crippen LogP contribution in [0.15, 0.2) is 28.4 Å². The summed E-state index contributed by atoms with van der Waals surface area (Å²) in [5, 5.41) is 6.38. The fourth-order valence-corrected chi connectivity index (χ4v) is 2.08. The maximum absolute atomic E-state index is 12.0. The van der Waals surface area contributed by atoms with E-state index in [0.717, 1.165) is 0 Å². The summed E-state index contributed by atoms with van der Waals surface area (Å²) in [6.45, 7) is 3.94. The standard InChI is InChI=1S/C12H14N2O3S/c1-3-16-11(15)9-7(2)13-12(18)14-10(9)8-5-4-6-17-8/h4-7H,3H2,1-2H3,(H2,13,14,18)/t7-/m0/s1. The summed E-state index contributed by atoms with van der Waals surface area (Å²) < 4.78 is 10.4. The van der Waals surface area contributed by atoms with Crippen molar-refractivity contribution < 1.29 is 13.9 Å². The number of thiocarbonyl (C=S) groups is 1. The SMILES string of the molecule is CCOC(=O)C1=C(c2ccco2)NC(=S)N[C@H]1C. The van der Waals surface area contributed by atoms with Gasteiger partial charge in [-0.3, -0.25) is 0 Å². The van der Waals surface area contributed by atoms with Gasteiger partial charge in [0.1, 0.15) is 0 Å². The van der Waals surface area contributed by atoms with Crippen LogP contribution in [-0.2, 0) is 9.53 Å². The zero-order chi connectivity index (χ0) is 13.1. The Bertz CT molecular complexity index is 493. The van der Waals surface area contributed by atoms with Crippen LogP contribution < -0.4 is 10.6 Å². The lowest BCUT2D eigenvalue weighted by atomic mass is 10.0. The molecule has 0 bridgehead atoms. The van der Waals surface area contributed by atoms with E-state index >= 15 is 0 Å². The van der Waals surface area contributed by atoms with E-state index in [-0.39, 0.29) is 12.0 Å². The van der Waals surface area contributed by atoms with Crippen molar-refractivity contribution in [2.24, 2.45) is 0 Å². The van der Waals surface area contributed by atoms with Gasteiger partial charge in [0.25, 0.3) is 0 Å². The highest BCUT2D eigenvalue weighted by molar-refractivity contribution is 7.80. The van der Waals surface area contributed by atoms with Gasteiger partial charge in [0.2, 0.25) is 0 Å². The first-order valence-corrected chi connectivity index (χ1v) is 6.07. The second-order valence-corrected chi connectivity index (χ2v) is 4.21. The summed E-state index contributed by atoms with van der Waals surface area (Å²) >= 11 is 5.09. The molecule has 0 amide bonds. The van der Waals surface area contributed by atoms with Gasteiger partial charge in [-0.2, -0.15) is 0 Å². The van der Waals surface area contributed by atoms with Crippen LogP contribution in [0.2, 0.25) is 0 Å². The van der Waals surface area contributed by atoms with Gasteiger partial charge in [0.05, 0.1) is 30.2 Å². The highest BCUT2D eigenvalue weighted by Gasteiger charge is 2.30. The molecule has 0 unspecified atom stereocenters. The number of carbonyl (C=O) groups excluding carboxylic acids is 1. The molecule has 1 aliphatic heterocycles. The zero-order valence-electron chi connectivity index (χ0n) is 10.1. The summed E-state index contributed by atoms with van der Waals surface area (Å²) in [5.74, 6) is 0.188. The lowest BCUT2D eigenvalue weighted by Gasteiger charge is -2.27. The predicted octanol–water partition coefficient (Wildman–Crippen LogP) is 1.42. The van der Waals surface area contributed by atoms with Crippen LogP contribution in [0.3, 0.4) is 0 Å². The average Bonchev–Trinajstić information content (AvgIpc) is 2.81. The van der Waals surface area contributed by atoms with Crippen molar-refractivity contribution >= 4 is 29.0 Å². The predicted molar refractivity (Wildman–Crippen MR) is 70.6 cm³/mol. The van der Waals surface area contributed by atoms with E-state index in [2.05, 4.69) is 10.6 Å². The molecule has 18 heavy (non-hydrogen) atoms. The Morgan fingerprint density at radius 2 is 2.39 bits per heavy atom. The van der Waals surface area contributed by atoms with Crippen molar-refractivity contribution in [1.29, 1.82) is 0 Å². The molecule has 1 aromatic heterocycles. The zero-order valence-corrected chi connectivity index (χ0v) is 11.0. The Hall–Kier alpha value is -1.82. The summed E-state index contributed by atoms with van der Waals surface area (Å²) in [6.07, 6.45) is 1.54. The molecule has 1 aliphatic rings. The molecule has 0 saturated heterocycles. The number of carbonyl (C=O) groups is 1. The molecule has 2 rings (SSSR count). The molecule has 0 aromatic carbocycles. The van der Waals surface area contributed by atoms with Gasteiger partial charge in [0, 0.05) is 0 Å². The van der Waals surface area contributed by atoms with Gasteiger partial charge in [0.15, 0.2) is 10.9 Å². The Morgan fingerprint density at radius 1 is 1.61 bits per heavy atom. The third-order valence-corrected chi connectivity index (χ3v) is 2.77. The third-order valence-electron chi connectivity index (χ3n) is 2.55. The molecule has 1 atom stereocenters. The van der Waals surface area contributed by atoms with Crippen LogP contribution in [0.4, 0.5) is 0 Å². The Balaban J connectivity index is 2.46. The number of esters is 1. The quantitative estimate of drug-likeness (QED) is 0.637. The molecular weight excluding hydrogens is 252 g/mol. The van der Waals surface area contributed by atoms with E-state index in [4.69, 9.17) is 21.4 Å². The molecule has 2 heterocycles. The first-order chi connectivity index (χ1) is 8.63. The molecule has 0 radical (unpaired) electrons. The van der Waals surface area contributed by atoms with Crippen LogP contribution in [0.25, 0.3) is 5.70 Å². The molecule has 0 saturated carbocycles. The molecule has 0 spiro atoms. The van der Waals surface area contributed by atoms with Gasteiger partial charge in [-0.15, -0.1) is 0 Å². The second-order valence-electron chi connectivity index (χ2n) is 3.81. The number of nitrogens with one attached hydrogen (secondary N) is 2. The third kappa shape index (κ3) is 2.38. The first-order valence-electron chi connectivity index (χ1n) is 5.66. The largest absolute Gasteiger partial charge is 0.463 e. The van der Waals surface area contributed by atoms with Gasteiger partial charge in [-0.25, -0.2) is 4.79 Å². The van der Waals surface area contributed by atoms with E-state index in [1.807, 2.05) is 6.92 Å². The molecule has 96 valence electrons. The maximum atomic E-state index is 12.0. The second kappa shape index (κ2) is 5.22. The molecular formula is C12H14N2O3S. The van der Waals surface area contributed by atoms with Crippen molar-refractivity contribution in [1.82, 2.24) is 10.6 Å². The molecule has 2 N–H and O–H groups in total. The Morgan fingerprint density at radius 3 is 3.00 bits per heavy atom. The van der Waals surface area contributed by atoms with Gasteiger partial charge in [-0.05, 0) is 38.2 Å². The van der Waals surface area contributed by atoms with E-state index < -0.39 is 0 Å². The van der Waals surface area contributed by atoms with Crippen LogP contribution in [-0.4, -0.2) is 23.7 Å². The van der Waals surface area contributed by atoms with Gasteiger partial charge in [-0.1, -0.05) is 0 Å². The minimum absolute atomic E-state index is 0.224. The lowest BCUT2D eigenvalue weighted by molar-refractivity contribution is -0.138. The molecule has 0 fully saturated rings. The maximum Gasteiger partial charge on any atom is 0.338 e. The summed E-state index contributed by atoms with van der Waals surface area (Å²) in [6, 6.07) is 3.29. The van der Waals surface area contributed by atoms with E-state index in [0.29, 0.717) is 28.7 Å². The summed E-state index contributed by atoms with van der Waals surface area (Å²) in [4.78, 5) is 12.0. The number of rotatable bonds is 3. The van der Waals surface area contributed by atoms with E-state index in [1.54, 1.807) is 25.3 Å². The fourth-order valence-electron chi connectivity index (χ4n) is 1.81. The average molecular weight is 266 g/mol. The minimum Gasteiger partial charge on any atom is -0.463 e. The number of furan rings is 1. The van der Waals surface area contributed by atoms with E-state index in [1.165, 1.54) is 0 Å². The topological polar surface area (TPSA) is 63.5 Å². The normalized spacial score (nSPS) is 19.2. The van der Waals surface area contributed by atoms with Crippen LogP contribution in [0.1, 0.15) is 19.6 Å². The molecule has 0 aliphatic carbocycles. The lowest BCUT2D eigenvalue weighted by Crippen LogP contribution is -2.48. The smallest absolute Gasteiger partial charge is 0.338 e. The Kier molecular flexibility index (Phi) is 3.66. The molecule has 5 nitrogen and oxygen atoms in total. The number of hydrogen-bond acceptors (Lipinski definition) is 4. The number of hydrogen-bond donors (Lipinski definition) is 2.